The van der Waals surface area contributed by atoms with Gasteiger partial charge in [-0.25, -0.2) is 0 Å². The lowest BCUT2D eigenvalue weighted by atomic mass is 9.58. The first-order valence-electron chi connectivity index (χ1n) is 11.8. The van der Waals surface area contributed by atoms with Crippen molar-refractivity contribution in [1.82, 2.24) is 0 Å². The smallest absolute Gasteiger partial charge is 0.212 e. The van der Waals surface area contributed by atoms with Crippen LogP contribution in [0.3, 0.4) is 0 Å². The van der Waals surface area contributed by atoms with E-state index in [2.05, 4.69) is 91.3 Å². The van der Waals surface area contributed by atoms with Crippen molar-refractivity contribution < 1.29 is 17.0 Å². The van der Waals surface area contributed by atoms with E-state index in [0.717, 1.165) is 17.8 Å². The van der Waals surface area contributed by atoms with Gasteiger partial charge in [0.15, 0.2) is 11.8 Å². The molecule has 1 aromatic rings. The summed E-state index contributed by atoms with van der Waals surface area (Å²) in [5.74, 6) is 3.49. The van der Waals surface area contributed by atoms with Crippen molar-refractivity contribution >= 4 is 11.9 Å². The van der Waals surface area contributed by atoms with Crippen LogP contribution in [0.25, 0.3) is 0 Å². The van der Waals surface area contributed by atoms with Gasteiger partial charge >= 0.3 is 0 Å². The quantitative estimate of drug-likeness (QED) is 0.612. The molecule has 2 aliphatic rings. The van der Waals surface area contributed by atoms with Crippen molar-refractivity contribution in [2.45, 2.75) is 105 Å². The van der Waals surface area contributed by atoms with E-state index in [1.807, 2.05) is 0 Å². The Kier molecular flexibility index (Phi) is 7.36. The summed E-state index contributed by atoms with van der Waals surface area (Å²) in [7, 11) is 0. The number of hydrogen-bond acceptors (Lipinski definition) is 0. The van der Waals surface area contributed by atoms with Crippen molar-refractivity contribution in [3.63, 3.8) is 0 Å². The molecule has 3 atom stereocenters. The highest BCUT2D eigenvalue weighted by Crippen LogP contribution is 2.55. The standard InChI is InChI=1S/C27H44N.ClH/c1-18(2)22-11-10-12-23(19(3)4)25(22)28-17-27(16-26(28,8)9)15-21(7)13-14-24(27)20(5)6;/h10-12,17-21,24H,13-16H2,1-9H3;1H/q+1;/p-1/t21-,24+,27?;/m1./s1. The van der Waals surface area contributed by atoms with E-state index >= 15 is 0 Å². The van der Waals surface area contributed by atoms with Gasteiger partial charge in [-0.15, -0.1) is 0 Å². The number of benzene rings is 1. The average Bonchev–Trinajstić information content (AvgIpc) is 2.83. The fourth-order valence-corrected chi connectivity index (χ4v) is 6.53. The largest absolute Gasteiger partial charge is 1.00 e. The van der Waals surface area contributed by atoms with E-state index < -0.39 is 0 Å². The molecule has 1 nitrogen and oxygen atoms in total. The van der Waals surface area contributed by atoms with Crippen LogP contribution in [0.15, 0.2) is 18.2 Å². The van der Waals surface area contributed by atoms with Gasteiger partial charge in [-0.05, 0) is 42.4 Å². The third-order valence-electron chi connectivity index (χ3n) is 7.63. The van der Waals surface area contributed by atoms with Crippen LogP contribution < -0.4 is 12.4 Å². The summed E-state index contributed by atoms with van der Waals surface area (Å²) < 4.78 is 2.73. The van der Waals surface area contributed by atoms with Gasteiger partial charge in [-0.1, -0.05) is 73.1 Å². The van der Waals surface area contributed by atoms with E-state index in [-0.39, 0.29) is 17.9 Å². The molecule has 1 saturated carbocycles. The molecular weight excluding hydrogens is 374 g/mol. The van der Waals surface area contributed by atoms with Crippen LogP contribution in [0.1, 0.15) is 111 Å². The summed E-state index contributed by atoms with van der Waals surface area (Å²) in [6.07, 6.45) is 8.16. The average molecular weight is 418 g/mol. The summed E-state index contributed by atoms with van der Waals surface area (Å²) in [5, 5.41) is 0. The number of nitrogens with zero attached hydrogens (tertiary/aromatic N) is 1. The number of halogens is 1. The lowest BCUT2D eigenvalue weighted by molar-refractivity contribution is -0.513. The Morgan fingerprint density at radius 2 is 1.48 bits per heavy atom. The van der Waals surface area contributed by atoms with Crippen LogP contribution in [0, 0.1) is 23.2 Å². The molecule has 29 heavy (non-hydrogen) atoms. The molecule has 1 aliphatic heterocycles. The number of para-hydroxylation sites is 1. The van der Waals surface area contributed by atoms with Crippen LogP contribution in [0.2, 0.25) is 0 Å². The molecule has 1 spiro atoms. The second kappa shape index (κ2) is 8.74. The molecule has 1 aromatic carbocycles. The molecule has 164 valence electrons. The zero-order chi connectivity index (χ0) is 20.9. The molecule has 1 aliphatic carbocycles. The van der Waals surface area contributed by atoms with Gasteiger partial charge in [0.25, 0.3) is 0 Å². The van der Waals surface area contributed by atoms with Gasteiger partial charge in [-0.3, -0.25) is 0 Å². The fourth-order valence-electron chi connectivity index (χ4n) is 6.53. The molecule has 2 heteroatoms. The minimum Gasteiger partial charge on any atom is -1.00 e. The van der Waals surface area contributed by atoms with Gasteiger partial charge in [0.2, 0.25) is 5.69 Å². The predicted octanol–water partition coefficient (Wildman–Crippen LogP) is 4.91. The van der Waals surface area contributed by atoms with Crippen LogP contribution in [-0.2, 0) is 0 Å². The van der Waals surface area contributed by atoms with Gasteiger partial charge in [-0.2, -0.15) is 4.58 Å². The third kappa shape index (κ3) is 4.46. The Labute approximate surface area is 186 Å². The van der Waals surface area contributed by atoms with E-state index in [1.165, 1.54) is 42.5 Å². The first-order valence-corrected chi connectivity index (χ1v) is 11.8. The van der Waals surface area contributed by atoms with E-state index in [4.69, 9.17) is 0 Å². The maximum Gasteiger partial charge on any atom is 0.212 e. The molecule has 0 aromatic heterocycles. The number of hydrogen-bond donors (Lipinski definition) is 0. The van der Waals surface area contributed by atoms with E-state index in [9.17, 15) is 0 Å². The van der Waals surface area contributed by atoms with Crippen molar-refractivity contribution in [3.8, 4) is 0 Å². The molecule has 0 saturated heterocycles. The third-order valence-corrected chi connectivity index (χ3v) is 7.63. The maximum absolute atomic E-state index is 2.73. The molecule has 1 heterocycles. The Bertz CT molecular complexity index is 717. The molecule has 1 fully saturated rings. The van der Waals surface area contributed by atoms with Crippen molar-refractivity contribution in [1.29, 1.82) is 0 Å². The first-order chi connectivity index (χ1) is 13.0. The predicted molar refractivity (Wildman–Crippen MR) is 123 cm³/mol. The lowest BCUT2D eigenvalue weighted by Crippen LogP contribution is -3.00. The normalized spacial score (nSPS) is 28.9. The molecule has 3 rings (SSSR count). The highest BCUT2D eigenvalue weighted by Gasteiger charge is 2.57. The van der Waals surface area contributed by atoms with Crippen LogP contribution in [0.5, 0.6) is 0 Å². The van der Waals surface area contributed by atoms with Gasteiger partial charge in [0, 0.05) is 31.4 Å². The van der Waals surface area contributed by atoms with Crippen molar-refractivity contribution in [2.24, 2.45) is 23.2 Å². The van der Waals surface area contributed by atoms with Gasteiger partial charge < -0.3 is 12.4 Å². The summed E-state index contributed by atoms with van der Waals surface area (Å²) >= 11 is 0. The topological polar surface area (TPSA) is 3.01 Å². The Morgan fingerprint density at radius 1 is 0.931 bits per heavy atom. The van der Waals surface area contributed by atoms with Crippen LogP contribution >= 0.6 is 0 Å². The lowest BCUT2D eigenvalue weighted by Gasteiger charge is -2.43. The molecule has 1 unspecified atom stereocenters. The summed E-state index contributed by atoms with van der Waals surface area (Å²) in [6.45, 7) is 21.7. The first kappa shape index (κ1) is 24.4. The number of rotatable bonds is 4. The SMILES string of the molecule is CC(C)c1cccc(C(C)C)c1[N+]1=CC2(C[C@H](C)CC[C@H]2C(C)C)CC1(C)C.[Cl-]. The second-order valence-electron chi connectivity index (χ2n) is 11.6. The molecule has 0 radical (unpaired) electrons. The highest BCUT2D eigenvalue weighted by molar-refractivity contribution is 5.68. The van der Waals surface area contributed by atoms with Gasteiger partial charge in [0.1, 0.15) is 0 Å². The van der Waals surface area contributed by atoms with Crippen LogP contribution in [0.4, 0.5) is 5.69 Å². The van der Waals surface area contributed by atoms with E-state index in [1.54, 1.807) is 0 Å². The maximum atomic E-state index is 2.73. The Hall–Kier alpha value is -0.820. The second-order valence-corrected chi connectivity index (χ2v) is 11.6. The van der Waals surface area contributed by atoms with E-state index in [0.29, 0.717) is 17.3 Å². The molecule has 0 amide bonds. The zero-order valence-electron chi connectivity index (χ0n) is 20.3. The summed E-state index contributed by atoms with van der Waals surface area (Å²) in [5.41, 5.74) is 5.05. The Balaban J connectivity index is 0.00000300. The monoisotopic (exact) mass is 417 g/mol. The van der Waals surface area contributed by atoms with Crippen molar-refractivity contribution in [3.05, 3.63) is 29.3 Å². The molecule has 0 bridgehead atoms. The fraction of sp³-hybridized carbons (Fsp3) is 0.741. The zero-order valence-corrected chi connectivity index (χ0v) is 21.1. The van der Waals surface area contributed by atoms with Gasteiger partial charge in [0.05, 0.1) is 5.41 Å². The molecule has 0 N–H and O–H groups in total. The highest BCUT2D eigenvalue weighted by atomic mass is 35.5. The Morgan fingerprint density at radius 3 is 1.97 bits per heavy atom. The minimum absolute atomic E-state index is 0. The minimum atomic E-state index is 0. The summed E-state index contributed by atoms with van der Waals surface area (Å²) in [4.78, 5) is 0. The summed E-state index contributed by atoms with van der Waals surface area (Å²) in [6, 6.07) is 7.00. The van der Waals surface area contributed by atoms with Crippen LogP contribution in [-0.4, -0.2) is 16.3 Å². The molecular formula is C27H44ClN. The van der Waals surface area contributed by atoms with Crippen molar-refractivity contribution in [2.75, 3.05) is 0 Å².